The van der Waals surface area contributed by atoms with Gasteiger partial charge in [-0.3, -0.25) is 0 Å². The number of halogens is 1. The molecule has 86 valence electrons. The van der Waals surface area contributed by atoms with Gasteiger partial charge in [0.05, 0.1) is 0 Å². The molecule has 0 saturated carbocycles. The molecule has 0 radical (unpaired) electrons. The van der Waals surface area contributed by atoms with Crippen molar-refractivity contribution >= 4 is 0 Å². The maximum Gasteiger partial charge on any atom is 0.213 e. The number of pyridine rings is 1. The van der Waals surface area contributed by atoms with Crippen molar-refractivity contribution in [2.24, 2.45) is 0 Å². The number of aromatic nitrogens is 1. The van der Waals surface area contributed by atoms with Crippen LogP contribution in [0.1, 0.15) is 51.5 Å². The van der Waals surface area contributed by atoms with Gasteiger partial charge in [0.2, 0.25) is 5.95 Å². The predicted octanol–water partition coefficient (Wildman–Crippen LogP) is 4.51. The van der Waals surface area contributed by atoms with E-state index in [0.29, 0.717) is 0 Å². The van der Waals surface area contributed by atoms with Crippen LogP contribution in [0.3, 0.4) is 0 Å². The Morgan fingerprint density at radius 1 is 1.13 bits per heavy atom. The van der Waals surface area contributed by atoms with Gasteiger partial charge in [-0.2, -0.15) is 4.39 Å². The molecule has 0 saturated heterocycles. The number of hydrogen-bond donors (Lipinski definition) is 0. The molecule has 0 fully saturated rings. The zero-order valence-corrected chi connectivity index (χ0v) is 10.1. The molecule has 1 aromatic rings. The Morgan fingerprint density at radius 2 is 1.73 bits per heavy atom. The lowest BCUT2D eigenvalue weighted by atomic mass is 10.2. The number of unbranched alkanes of at least 4 members (excludes halogenated alkanes) is 4. The van der Waals surface area contributed by atoms with Gasteiger partial charge in [0.15, 0.2) is 0 Å². The van der Waals surface area contributed by atoms with Crippen LogP contribution in [-0.2, 0) is 0 Å². The maximum atomic E-state index is 12.1. The second-order valence-electron chi connectivity index (χ2n) is 3.72. The normalized spacial score (nSPS) is 9.33. The molecule has 0 bridgehead atoms. The van der Waals surface area contributed by atoms with Crippen molar-refractivity contribution in [3.05, 3.63) is 29.8 Å². The van der Waals surface area contributed by atoms with Gasteiger partial charge in [-0.1, -0.05) is 46.0 Å². The molecule has 0 aliphatic rings. The van der Waals surface area contributed by atoms with Gasteiger partial charge in [0.25, 0.3) is 0 Å². The van der Waals surface area contributed by atoms with Crippen LogP contribution in [0.4, 0.5) is 4.39 Å². The van der Waals surface area contributed by atoms with E-state index in [1.54, 1.807) is 6.07 Å². The van der Waals surface area contributed by atoms with Gasteiger partial charge in [0, 0.05) is 6.20 Å². The molecule has 0 atom stereocenters. The smallest absolute Gasteiger partial charge is 0.213 e. The lowest BCUT2D eigenvalue weighted by Gasteiger charge is -1.90. The van der Waals surface area contributed by atoms with Crippen LogP contribution < -0.4 is 0 Å². The molecule has 1 heterocycles. The fraction of sp³-hybridized carbons (Fsp3) is 0.615. The predicted molar refractivity (Wildman–Crippen MR) is 63.4 cm³/mol. The maximum absolute atomic E-state index is 12.1. The highest BCUT2D eigenvalue weighted by molar-refractivity contribution is 5.07. The lowest BCUT2D eigenvalue weighted by molar-refractivity contribution is 0.582. The Morgan fingerprint density at radius 3 is 2.07 bits per heavy atom. The quantitative estimate of drug-likeness (QED) is 0.527. The van der Waals surface area contributed by atoms with Gasteiger partial charge < -0.3 is 0 Å². The van der Waals surface area contributed by atoms with E-state index < -0.39 is 5.95 Å². The number of rotatable bonds is 4. The molecule has 1 nitrogen and oxygen atoms in total. The summed E-state index contributed by atoms with van der Waals surface area (Å²) < 4.78 is 12.1. The topological polar surface area (TPSA) is 12.9 Å². The van der Waals surface area contributed by atoms with Crippen molar-refractivity contribution in [1.82, 2.24) is 4.98 Å². The first kappa shape index (κ1) is 14.1. The summed E-state index contributed by atoms with van der Waals surface area (Å²) in [5.74, 6) is -0.412. The fourth-order valence-electron chi connectivity index (χ4n) is 1.18. The van der Waals surface area contributed by atoms with Crippen molar-refractivity contribution in [3.63, 3.8) is 0 Å². The molecular weight excluding hydrogens is 189 g/mol. The molecule has 0 aromatic carbocycles. The van der Waals surface area contributed by atoms with E-state index in [9.17, 15) is 4.39 Å². The highest BCUT2D eigenvalue weighted by Gasteiger charge is 1.86. The third-order valence-corrected chi connectivity index (χ3v) is 2.09. The Labute approximate surface area is 92.7 Å². The fourth-order valence-corrected chi connectivity index (χ4v) is 1.18. The number of aryl methyl sites for hydroxylation is 1. The minimum atomic E-state index is -0.412. The van der Waals surface area contributed by atoms with Crippen LogP contribution >= 0.6 is 0 Å². The molecule has 0 N–H and O–H groups in total. The average molecular weight is 211 g/mol. The molecule has 0 unspecified atom stereocenters. The molecular formula is C13H22FN. The van der Waals surface area contributed by atoms with Gasteiger partial charge in [-0.15, -0.1) is 0 Å². The summed E-state index contributed by atoms with van der Waals surface area (Å²) in [5, 5.41) is 0. The Bertz CT molecular complexity index is 227. The van der Waals surface area contributed by atoms with Crippen molar-refractivity contribution < 1.29 is 4.39 Å². The lowest BCUT2D eigenvalue weighted by Crippen LogP contribution is -1.79. The summed E-state index contributed by atoms with van der Waals surface area (Å²) in [7, 11) is 0. The number of nitrogens with zero attached hydrogens (tertiary/aromatic N) is 1. The second-order valence-corrected chi connectivity index (χ2v) is 3.72. The Kier molecular flexibility index (Phi) is 9.04. The van der Waals surface area contributed by atoms with E-state index in [4.69, 9.17) is 0 Å². The third-order valence-electron chi connectivity index (χ3n) is 2.09. The largest absolute Gasteiger partial charge is 0.228 e. The Balaban J connectivity index is 0.000000265. The summed E-state index contributed by atoms with van der Waals surface area (Å²) in [6.45, 7) is 6.32. The van der Waals surface area contributed by atoms with Crippen molar-refractivity contribution in [2.75, 3.05) is 0 Å². The molecule has 1 rings (SSSR count). The number of hydrogen-bond acceptors (Lipinski definition) is 1. The zero-order valence-electron chi connectivity index (χ0n) is 10.1. The van der Waals surface area contributed by atoms with Crippen LogP contribution in [0.2, 0.25) is 0 Å². The van der Waals surface area contributed by atoms with Crippen molar-refractivity contribution in [3.8, 4) is 0 Å². The first-order valence-corrected chi connectivity index (χ1v) is 5.78. The van der Waals surface area contributed by atoms with Gasteiger partial charge in [-0.25, -0.2) is 4.98 Å². The second kappa shape index (κ2) is 9.63. The van der Waals surface area contributed by atoms with Gasteiger partial charge in [0.1, 0.15) is 0 Å². The van der Waals surface area contributed by atoms with Crippen LogP contribution in [0.15, 0.2) is 18.3 Å². The van der Waals surface area contributed by atoms with Crippen LogP contribution in [0.5, 0.6) is 0 Å². The third kappa shape index (κ3) is 9.39. The molecule has 0 amide bonds. The summed E-state index contributed by atoms with van der Waals surface area (Å²) in [5.41, 5.74) is 0.900. The summed E-state index contributed by atoms with van der Waals surface area (Å²) in [4.78, 5) is 3.37. The van der Waals surface area contributed by atoms with Crippen LogP contribution in [0.25, 0.3) is 0 Å². The summed E-state index contributed by atoms with van der Waals surface area (Å²) in [6, 6.07) is 3.14. The van der Waals surface area contributed by atoms with E-state index in [2.05, 4.69) is 18.8 Å². The van der Waals surface area contributed by atoms with E-state index in [1.807, 2.05) is 6.92 Å². The van der Waals surface area contributed by atoms with Crippen molar-refractivity contribution in [2.45, 2.75) is 52.9 Å². The van der Waals surface area contributed by atoms with E-state index in [-0.39, 0.29) is 0 Å². The standard InChI is InChI=1S/C7H16.C6H6FN/c1-3-5-7-6-4-2;1-5-2-3-8-6(7)4-5/h3-7H2,1-2H3;2-4H,1H3. The Hall–Kier alpha value is -0.920. The first-order valence-electron chi connectivity index (χ1n) is 5.78. The average Bonchev–Trinajstić information content (AvgIpc) is 2.19. The van der Waals surface area contributed by atoms with Crippen LogP contribution in [0, 0.1) is 12.9 Å². The minimum Gasteiger partial charge on any atom is -0.228 e. The molecule has 15 heavy (non-hydrogen) atoms. The zero-order chi connectivity index (χ0) is 11.5. The minimum absolute atomic E-state index is 0.412. The summed E-state index contributed by atoms with van der Waals surface area (Å²) >= 11 is 0. The van der Waals surface area contributed by atoms with Crippen LogP contribution in [-0.4, -0.2) is 4.98 Å². The van der Waals surface area contributed by atoms with E-state index in [0.717, 1.165) is 5.56 Å². The molecule has 0 aliphatic carbocycles. The molecule has 1 aromatic heterocycles. The highest BCUT2D eigenvalue weighted by atomic mass is 19.1. The molecule has 2 heteroatoms. The van der Waals surface area contributed by atoms with E-state index in [1.165, 1.54) is 44.4 Å². The SMILES string of the molecule is CCCCCCC.Cc1ccnc(F)c1. The highest BCUT2D eigenvalue weighted by Crippen LogP contribution is 2.00. The van der Waals surface area contributed by atoms with Crippen molar-refractivity contribution in [1.29, 1.82) is 0 Å². The first-order chi connectivity index (χ1) is 7.20. The van der Waals surface area contributed by atoms with Gasteiger partial charge in [-0.05, 0) is 24.6 Å². The monoisotopic (exact) mass is 211 g/mol. The van der Waals surface area contributed by atoms with E-state index >= 15 is 0 Å². The molecule has 0 spiro atoms. The van der Waals surface area contributed by atoms with Gasteiger partial charge >= 0.3 is 0 Å². The molecule has 0 aliphatic heterocycles. The summed E-state index contributed by atoms with van der Waals surface area (Å²) in [6.07, 6.45) is 8.46.